The van der Waals surface area contributed by atoms with Gasteiger partial charge in [-0.15, -0.1) is 0 Å². The highest BCUT2D eigenvalue weighted by molar-refractivity contribution is 7.22. The Hall–Kier alpha value is -1.66. The number of carbonyl (C=O) groups excluding carboxylic acids is 1. The number of hydrogen-bond donors (Lipinski definition) is 0. The predicted molar refractivity (Wildman–Crippen MR) is 127 cm³/mol. The maximum Gasteiger partial charge on any atom is 0.235 e. The van der Waals surface area contributed by atoms with Crippen LogP contribution in [0.5, 0.6) is 5.75 Å². The Balaban J connectivity index is 1.47. The average molecular weight is 442 g/mol. The number of methoxy groups -OCH3 is 1. The fraction of sp³-hybridized carbons (Fsp3) is 0.680. The summed E-state index contributed by atoms with van der Waals surface area (Å²) >= 11 is 1.63. The maximum absolute atomic E-state index is 14.2. The summed E-state index contributed by atoms with van der Waals surface area (Å²) in [7, 11) is 1.69. The molecule has 0 radical (unpaired) electrons. The van der Waals surface area contributed by atoms with Crippen molar-refractivity contribution in [2.24, 2.45) is 23.2 Å². The Morgan fingerprint density at radius 3 is 2.32 bits per heavy atom. The molecule has 0 N–H and O–H groups in total. The van der Waals surface area contributed by atoms with Crippen LogP contribution in [0, 0.1) is 23.2 Å². The second-order valence-electron chi connectivity index (χ2n) is 10.0. The molecule has 4 saturated carbocycles. The van der Waals surface area contributed by atoms with Gasteiger partial charge in [-0.05, 0) is 87.6 Å². The summed E-state index contributed by atoms with van der Waals surface area (Å²) in [6.45, 7) is 8.01. The van der Waals surface area contributed by atoms with Crippen LogP contribution in [-0.2, 0) is 4.79 Å². The Kier molecular flexibility index (Phi) is 5.72. The van der Waals surface area contributed by atoms with Gasteiger partial charge in [0.2, 0.25) is 5.91 Å². The Morgan fingerprint density at radius 2 is 1.74 bits per heavy atom. The third-order valence-electron chi connectivity index (χ3n) is 8.09. The van der Waals surface area contributed by atoms with E-state index in [1.165, 1.54) is 19.3 Å². The third-order valence-corrected chi connectivity index (χ3v) is 9.13. The Morgan fingerprint density at radius 1 is 1.10 bits per heavy atom. The van der Waals surface area contributed by atoms with Crippen molar-refractivity contribution in [2.45, 2.75) is 52.4 Å². The fourth-order valence-electron chi connectivity index (χ4n) is 6.86. The number of anilines is 1. The molecule has 31 heavy (non-hydrogen) atoms. The van der Waals surface area contributed by atoms with Crippen LogP contribution in [-0.4, -0.2) is 49.1 Å². The molecule has 0 spiro atoms. The van der Waals surface area contributed by atoms with Gasteiger partial charge in [0.15, 0.2) is 5.13 Å². The molecule has 5 nitrogen and oxygen atoms in total. The average Bonchev–Trinajstić information content (AvgIpc) is 3.18. The molecule has 0 atom stereocenters. The van der Waals surface area contributed by atoms with Gasteiger partial charge in [0.25, 0.3) is 0 Å². The summed E-state index contributed by atoms with van der Waals surface area (Å²) in [4.78, 5) is 23.6. The lowest BCUT2D eigenvalue weighted by atomic mass is 9.49. The van der Waals surface area contributed by atoms with Crippen LogP contribution in [0.2, 0.25) is 0 Å². The smallest absolute Gasteiger partial charge is 0.235 e. The summed E-state index contributed by atoms with van der Waals surface area (Å²) in [5.41, 5.74) is 0.806. The minimum atomic E-state index is -0.145. The highest BCUT2D eigenvalue weighted by atomic mass is 32.1. The second-order valence-corrected chi connectivity index (χ2v) is 11.0. The van der Waals surface area contributed by atoms with Crippen LogP contribution in [0.3, 0.4) is 0 Å². The van der Waals surface area contributed by atoms with Gasteiger partial charge in [0, 0.05) is 13.1 Å². The first-order valence-electron chi connectivity index (χ1n) is 12.0. The molecule has 4 aliphatic rings. The molecule has 6 rings (SSSR count). The molecule has 1 amide bonds. The minimum absolute atomic E-state index is 0.145. The monoisotopic (exact) mass is 441 g/mol. The molecule has 4 fully saturated rings. The summed E-state index contributed by atoms with van der Waals surface area (Å²) in [5, 5.41) is 0.858. The van der Waals surface area contributed by atoms with Gasteiger partial charge in [-0.25, -0.2) is 4.98 Å². The lowest BCUT2D eigenvalue weighted by Crippen LogP contribution is -2.55. The van der Waals surface area contributed by atoms with Gasteiger partial charge in [0.05, 0.1) is 22.7 Å². The zero-order chi connectivity index (χ0) is 21.6. The van der Waals surface area contributed by atoms with Gasteiger partial charge in [-0.1, -0.05) is 25.2 Å². The van der Waals surface area contributed by atoms with Crippen LogP contribution in [0.15, 0.2) is 18.2 Å². The molecule has 4 bridgehead atoms. The van der Waals surface area contributed by atoms with E-state index in [9.17, 15) is 4.79 Å². The van der Waals surface area contributed by atoms with Gasteiger partial charge < -0.3 is 9.64 Å². The summed E-state index contributed by atoms with van der Waals surface area (Å²) < 4.78 is 6.49. The number of amides is 1. The standard InChI is InChI=1S/C25H35N3O2S/c1-4-27(5-2)8-9-28(24-26-21-7-6-20(30-3)13-22(21)31-24)23(29)25-14-17-10-18(15-25)12-19(11-17)16-25/h6-7,13,17-19H,4-5,8-12,14-16H2,1-3H3. The number of fused-ring (bicyclic) bond motifs is 1. The summed E-state index contributed by atoms with van der Waals surface area (Å²) in [6, 6.07) is 5.99. The van der Waals surface area contributed by atoms with E-state index in [0.29, 0.717) is 5.91 Å². The van der Waals surface area contributed by atoms with E-state index in [4.69, 9.17) is 9.72 Å². The molecule has 1 aromatic carbocycles. The Bertz CT molecular complexity index is 916. The molecule has 1 aromatic heterocycles. The number of rotatable bonds is 8. The van der Waals surface area contributed by atoms with E-state index < -0.39 is 0 Å². The first kappa shape index (κ1) is 21.2. The van der Waals surface area contributed by atoms with E-state index >= 15 is 0 Å². The van der Waals surface area contributed by atoms with Crippen LogP contribution in [0.4, 0.5) is 5.13 Å². The molecular formula is C25H35N3O2S. The number of hydrogen-bond acceptors (Lipinski definition) is 5. The van der Waals surface area contributed by atoms with Crippen molar-refractivity contribution in [1.82, 2.24) is 9.88 Å². The lowest BCUT2D eigenvalue weighted by molar-refractivity contribution is -0.143. The van der Waals surface area contributed by atoms with E-state index in [1.807, 2.05) is 18.2 Å². The highest BCUT2D eigenvalue weighted by Crippen LogP contribution is 2.60. The van der Waals surface area contributed by atoms with Gasteiger partial charge in [0.1, 0.15) is 5.75 Å². The number of nitrogens with zero attached hydrogens (tertiary/aromatic N) is 3. The molecule has 0 unspecified atom stereocenters. The third kappa shape index (κ3) is 3.86. The van der Waals surface area contributed by atoms with Gasteiger partial charge >= 0.3 is 0 Å². The highest BCUT2D eigenvalue weighted by Gasteiger charge is 2.56. The fourth-order valence-corrected chi connectivity index (χ4v) is 7.88. The zero-order valence-electron chi connectivity index (χ0n) is 19.1. The van der Waals surface area contributed by atoms with Gasteiger partial charge in [-0.3, -0.25) is 9.69 Å². The largest absolute Gasteiger partial charge is 0.497 e. The van der Waals surface area contributed by atoms with Crippen molar-refractivity contribution < 1.29 is 9.53 Å². The van der Waals surface area contributed by atoms with Crippen LogP contribution < -0.4 is 9.64 Å². The summed E-state index contributed by atoms with van der Waals surface area (Å²) in [5.74, 6) is 3.48. The predicted octanol–water partition coefficient (Wildman–Crippen LogP) is 5.20. The molecule has 1 heterocycles. The van der Waals surface area contributed by atoms with Crippen LogP contribution in [0.25, 0.3) is 10.2 Å². The zero-order valence-corrected chi connectivity index (χ0v) is 19.9. The summed E-state index contributed by atoms with van der Waals surface area (Å²) in [6.07, 6.45) is 7.35. The minimum Gasteiger partial charge on any atom is -0.497 e. The maximum atomic E-state index is 14.2. The molecule has 4 aliphatic carbocycles. The molecule has 0 saturated heterocycles. The van der Waals surface area contributed by atoms with E-state index in [2.05, 4.69) is 23.6 Å². The molecule has 168 valence electrons. The number of carbonyl (C=O) groups is 1. The van der Waals surface area contributed by atoms with Crippen molar-refractivity contribution in [3.63, 3.8) is 0 Å². The van der Waals surface area contributed by atoms with Gasteiger partial charge in [-0.2, -0.15) is 0 Å². The van der Waals surface area contributed by atoms with Crippen LogP contribution >= 0.6 is 11.3 Å². The molecular weight excluding hydrogens is 406 g/mol. The van der Waals surface area contributed by atoms with E-state index in [-0.39, 0.29) is 5.41 Å². The van der Waals surface area contributed by atoms with Crippen molar-refractivity contribution >= 4 is 32.6 Å². The molecule has 0 aliphatic heterocycles. The normalized spacial score (nSPS) is 29.1. The number of benzene rings is 1. The Labute approximate surface area is 189 Å². The lowest BCUT2D eigenvalue weighted by Gasteiger charge is -2.56. The quantitative estimate of drug-likeness (QED) is 0.565. The van der Waals surface area contributed by atoms with E-state index in [1.54, 1.807) is 18.4 Å². The van der Waals surface area contributed by atoms with E-state index in [0.717, 1.165) is 84.3 Å². The number of thiazole rings is 1. The molecule has 6 heteroatoms. The first-order valence-corrected chi connectivity index (χ1v) is 12.8. The first-order chi connectivity index (χ1) is 15.0. The topological polar surface area (TPSA) is 45.7 Å². The number of likely N-dealkylation sites (N-methyl/N-ethyl adjacent to an activating group) is 1. The van der Waals surface area contributed by atoms with Crippen LogP contribution in [0.1, 0.15) is 52.4 Å². The van der Waals surface area contributed by atoms with Crippen molar-refractivity contribution in [3.8, 4) is 5.75 Å². The number of ether oxygens (including phenoxy) is 1. The second kappa shape index (κ2) is 8.36. The number of aromatic nitrogens is 1. The van der Waals surface area contributed by atoms with Crippen molar-refractivity contribution in [3.05, 3.63) is 18.2 Å². The van der Waals surface area contributed by atoms with Crippen molar-refractivity contribution in [2.75, 3.05) is 38.2 Å². The SMILES string of the molecule is CCN(CC)CCN(C(=O)C12CC3CC(CC(C3)C1)C2)c1nc2ccc(OC)cc2s1. The molecule has 2 aromatic rings. The van der Waals surface area contributed by atoms with Crippen molar-refractivity contribution in [1.29, 1.82) is 0 Å².